The first kappa shape index (κ1) is 22.5. The minimum absolute atomic E-state index is 0.115. The predicted octanol–water partition coefficient (Wildman–Crippen LogP) is 1.71. The number of thiophene rings is 1. The van der Waals surface area contributed by atoms with Crippen molar-refractivity contribution in [2.24, 2.45) is 4.99 Å². The quantitative estimate of drug-likeness (QED) is 0.514. The van der Waals surface area contributed by atoms with Crippen molar-refractivity contribution in [1.29, 1.82) is 0 Å². The Balaban J connectivity index is 1.61. The van der Waals surface area contributed by atoms with Gasteiger partial charge in [0.15, 0.2) is 5.96 Å². The summed E-state index contributed by atoms with van der Waals surface area (Å²) in [7, 11) is 6.17. The van der Waals surface area contributed by atoms with E-state index in [2.05, 4.69) is 58.6 Å². The van der Waals surface area contributed by atoms with Gasteiger partial charge in [-0.1, -0.05) is 0 Å². The fraction of sp³-hybridized carbons (Fsp3) is 0.762. The van der Waals surface area contributed by atoms with Crippen molar-refractivity contribution in [3.63, 3.8) is 0 Å². The summed E-state index contributed by atoms with van der Waals surface area (Å²) in [6.07, 6.45) is 2.07. The van der Waals surface area contributed by atoms with Crippen molar-refractivity contribution in [1.82, 2.24) is 20.4 Å². The van der Waals surface area contributed by atoms with Crippen molar-refractivity contribution in [2.45, 2.75) is 31.3 Å². The molecular weight excluding hydrogens is 386 g/mol. The van der Waals surface area contributed by atoms with Gasteiger partial charge in [0.25, 0.3) is 0 Å². The van der Waals surface area contributed by atoms with Gasteiger partial charge in [-0.15, -0.1) is 11.3 Å². The highest BCUT2D eigenvalue weighted by Gasteiger charge is 2.35. The molecule has 0 amide bonds. The Hall–Kier alpha value is -1.19. The third-order valence-corrected chi connectivity index (χ3v) is 7.32. The normalized spacial score (nSPS) is 21.9. The van der Waals surface area contributed by atoms with Crippen LogP contribution in [0.5, 0.6) is 0 Å². The third-order valence-electron chi connectivity index (χ3n) is 6.22. The highest BCUT2D eigenvalue weighted by molar-refractivity contribution is 7.12. The molecule has 2 aliphatic heterocycles. The summed E-state index contributed by atoms with van der Waals surface area (Å²) in [5.41, 5.74) is 0.115. The fourth-order valence-electron chi connectivity index (χ4n) is 4.13. The average molecular weight is 424 g/mol. The number of hydrogen-bond donors (Lipinski definition) is 2. The molecule has 0 saturated carbocycles. The molecule has 0 bridgehead atoms. The van der Waals surface area contributed by atoms with Gasteiger partial charge in [0, 0.05) is 61.7 Å². The van der Waals surface area contributed by atoms with Crippen molar-refractivity contribution >= 4 is 17.3 Å². The third kappa shape index (κ3) is 5.92. The second kappa shape index (κ2) is 10.7. The minimum atomic E-state index is 0.115. The maximum Gasteiger partial charge on any atom is 0.191 e. The van der Waals surface area contributed by atoms with Crippen LogP contribution in [-0.4, -0.2) is 95.0 Å². The molecule has 0 spiro atoms. The lowest BCUT2D eigenvalue weighted by Gasteiger charge is -2.43. The Bertz CT molecular complexity index is 651. The standard InChI is InChI=1S/C21H37N5O2S/c1-17-5-6-19(29-17)18(26-9-13-28-14-10-26)15-23-20(22-2)24-16-21(25(3)4)7-11-27-12-8-21/h5-6,18H,7-16H2,1-4H3,(H2,22,23,24). The van der Waals surface area contributed by atoms with Gasteiger partial charge in [0.1, 0.15) is 0 Å². The monoisotopic (exact) mass is 423 g/mol. The Morgan fingerprint density at radius 1 is 1.17 bits per heavy atom. The molecule has 3 heterocycles. The number of nitrogens with one attached hydrogen (secondary N) is 2. The van der Waals surface area contributed by atoms with E-state index in [0.717, 1.165) is 71.4 Å². The van der Waals surface area contributed by atoms with E-state index < -0.39 is 0 Å². The van der Waals surface area contributed by atoms with Crippen LogP contribution in [0.4, 0.5) is 0 Å². The molecule has 1 aromatic heterocycles. The van der Waals surface area contributed by atoms with Crippen LogP contribution in [0.15, 0.2) is 17.1 Å². The number of rotatable bonds is 7. The van der Waals surface area contributed by atoms with E-state index >= 15 is 0 Å². The van der Waals surface area contributed by atoms with Crippen LogP contribution in [0, 0.1) is 6.92 Å². The van der Waals surface area contributed by atoms with E-state index in [0.29, 0.717) is 6.04 Å². The van der Waals surface area contributed by atoms with E-state index in [9.17, 15) is 0 Å². The first-order chi connectivity index (χ1) is 14.0. The number of ether oxygens (including phenoxy) is 2. The van der Waals surface area contributed by atoms with Crippen molar-refractivity contribution in [3.8, 4) is 0 Å². The molecule has 2 saturated heterocycles. The summed E-state index contributed by atoms with van der Waals surface area (Å²) in [5, 5.41) is 7.16. The van der Waals surface area contributed by atoms with Crippen LogP contribution < -0.4 is 10.6 Å². The van der Waals surface area contributed by atoms with Gasteiger partial charge < -0.3 is 25.0 Å². The number of aliphatic imine (C=N–C) groups is 1. The topological polar surface area (TPSA) is 61.4 Å². The average Bonchev–Trinajstić information content (AvgIpc) is 3.17. The molecule has 2 aliphatic rings. The van der Waals surface area contributed by atoms with Crippen molar-refractivity contribution in [2.75, 3.05) is 73.7 Å². The van der Waals surface area contributed by atoms with Crippen LogP contribution >= 0.6 is 11.3 Å². The molecule has 7 nitrogen and oxygen atoms in total. The van der Waals surface area contributed by atoms with Gasteiger partial charge in [-0.25, -0.2) is 0 Å². The summed E-state index contributed by atoms with van der Waals surface area (Å²) >= 11 is 1.88. The Morgan fingerprint density at radius 3 is 2.45 bits per heavy atom. The first-order valence-corrected chi connectivity index (χ1v) is 11.4. The maximum absolute atomic E-state index is 5.59. The number of nitrogens with zero attached hydrogens (tertiary/aromatic N) is 3. The Kier molecular flexibility index (Phi) is 8.32. The highest BCUT2D eigenvalue weighted by Crippen LogP contribution is 2.28. The molecule has 8 heteroatoms. The molecule has 1 atom stereocenters. The lowest BCUT2D eigenvalue weighted by molar-refractivity contribution is -0.00506. The van der Waals surface area contributed by atoms with Gasteiger partial charge in [-0.05, 0) is 46.0 Å². The van der Waals surface area contributed by atoms with E-state index in [-0.39, 0.29) is 5.54 Å². The van der Waals surface area contributed by atoms with E-state index in [4.69, 9.17) is 9.47 Å². The number of hydrogen-bond acceptors (Lipinski definition) is 6. The summed E-state index contributed by atoms with van der Waals surface area (Å²) in [5.74, 6) is 0.865. The Morgan fingerprint density at radius 2 is 1.86 bits per heavy atom. The molecule has 0 aromatic carbocycles. The summed E-state index contributed by atoms with van der Waals surface area (Å²) in [6.45, 7) is 9.07. The lowest BCUT2D eigenvalue weighted by atomic mass is 9.88. The second-order valence-electron chi connectivity index (χ2n) is 8.15. The molecule has 1 aromatic rings. The van der Waals surface area contributed by atoms with Crippen molar-refractivity contribution < 1.29 is 9.47 Å². The summed E-state index contributed by atoms with van der Waals surface area (Å²) in [4.78, 5) is 12.1. The highest BCUT2D eigenvalue weighted by atomic mass is 32.1. The summed E-state index contributed by atoms with van der Waals surface area (Å²) < 4.78 is 11.2. The summed E-state index contributed by atoms with van der Waals surface area (Å²) in [6, 6.07) is 4.81. The van der Waals surface area contributed by atoms with Crippen LogP contribution in [0.2, 0.25) is 0 Å². The molecular formula is C21H37N5O2S. The molecule has 2 N–H and O–H groups in total. The van der Waals surface area contributed by atoms with Gasteiger partial charge in [0.05, 0.1) is 19.3 Å². The van der Waals surface area contributed by atoms with Gasteiger partial charge >= 0.3 is 0 Å². The van der Waals surface area contributed by atoms with E-state index in [1.165, 1.54) is 9.75 Å². The SMILES string of the molecule is CN=C(NCC(c1ccc(C)s1)N1CCOCC1)NCC1(N(C)C)CCOCC1. The number of guanidine groups is 1. The maximum atomic E-state index is 5.59. The number of morpholine rings is 1. The molecule has 164 valence electrons. The van der Waals surface area contributed by atoms with E-state index in [1.807, 2.05) is 18.4 Å². The number of aryl methyl sites for hydroxylation is 1. The minimum Gasteiger partial charge on any atom is -0.381 e. The van der Waals surface area contributed by atoms with Gasteiger partial charge in [-0.3, -0.25) is 9.89 Å². The predicted molar refractivity (Wildman–Crippen MR) is 120 cm³/mol. The van der Waals surface area contributed by atoms with Crippen LogP contribution in [0.1, 0.15) is 28.6 Å². The smallest absolute Gasteiger partial charge is 0.191 e. The number of likely N-dealkylation sites (N-methyl/N-ethyl adjacent to an activating group) is 1. The van der Waals surface area contributed by atoms with Gasteiger partial charge in [0.2, 0.25) is 0 Å². The van der Waals surface area contributed by atoms with Crippen LogP contribution in [0.25, 0.3) is 0 Å². The lowest BCUT2D eigenvalue weighted by Crippen LogP contribution is -2.57. The second-order valence-corrected chi connectivity index (χ2v) is 9.47. The van der Waals surface area contributed by atoms with Crippen molar-refractivity contribution in [3.05, 3.63) is 21.9 Å². The molecule has 29 heavy (non-hydrogen) atoms. The molecule has 1 unspecified atom stereocenters. The largest absolute Gasteiger partial charge is 0.381 e. The zero-order valence-corrected chi connectivity index (χ0v) is 19.2. The van der Waals surface area contributed by atoms with E-state index in [1.54, 1.807) is 0 Å². The Labute approximate surface area is 179 Å². The zero-order chi connectivity index (χ0) is 20.7. The molecule has 0 radical (unpaired) electrons. The zero-order valence-electron chi connectivity index (χ0n) is 18.4. The molecule has 0 aliphatic carbocycles. The first-order valence-electron chi connectivity index (χ1n) is 10.6. The molecule has 2 fully saturated rings. The van der Waals surface area contributed by atoms with Crippen LogP contribution in [0.3, 0.4) is 0 Å². The fourth-order valence-corrected chi connectivity index (χ4v) is 5.14. The molecule has 3 rings (SSSR count). The van der Waals surface area contributed by atoms with Gasteiger partial charge in [-0.2, -0.15) is 0 Å². The van der Waals surface area contributed by atoms with Crippen LogP contribution in [-0.2, 0) is 9.47 Å².